The fraction of sp³-hybridized carbons (Fsp3) is 0.526. The molecule has 2 aliphatic heterocycles. The first-order chi connectivity index (χ1) is 12.8. The van der Waals surface area contributed by atoms with Crippen molar-refractivity contribution in [3.8, 4) is 11.8 Å². The van der Waals surface area contributed by atoms with Gasteiger partial charge in [0.2, 0.25) is 5.60 Å². The van der Waals surface area contributed by atoms with Gasteiger partial charge in [-0.05, 0) is 45.3 Å². The monoisotopic (exact) mass is 344 g/mol. The Bertz CT molecular complexity index is 843. The van der Waals surface area contributed by atoms with Crippen LogP contribution in [-0.2, 0) is 14.1 Å². The number of aliphatic hydroxyl groups is 1. The third-order valence-corrected chi connectivity index (χ3v) is 5.12. The number of nitrogens with zero attached hydrogens (tertiary/aromatic N) is 1. The molecule has 0 aliphatic carbocycles. The van der Waals surface area contributed by atoms with Gasteiger partial charge in [0, 0.05) is 29.6 Å². The second-order valence-corrected chi connectivity index (χ2v) is 7.53. The molecule has 25 heavy (non-hydrogen) atoms. The summed E-state index contributed by atoms with van der Waals surface area (Å²) in [5.74, 6) is 4.46. The highest BCUT2D eigenvalue weighted by Gasteiger charge is 2.51. The van der Waals surface area contributed by atoms with Crippen molar-refractivity contribution in [2.24, 2.45) is 0 Å². The zero-order valence-corrected chi connectivity index (χ0v) is 14.9. The Kier molecular flexibility index (Phi) is 3.38. The van der Waals surface area contributed by atoms with Crippen LogP contribution in [0.25, 0.3) is 0 Å². The van der Waals surface area contributed by atoms with Crippen LogP contribution >= 0.6 is 0 Å². The van der Waals surface area contributed by atoms with Crippen molar-refractivity contribution in [2.45, 2.75) is 50.9 Å². The van der Waals surface area contributed by atoms with Crippen molar-refractivity contribution in [3.63, 3.8) is 0 Å². The molecule has 1 unspecified atom stereocenters. The first-order valence-corrected chi connectivity index (χ1v) is 8.28. The molecule has 6 heteroatoms. The molecule has 2 heterocycles. The number of amides is 1. The first-order valence-electron chi connectivity index (χ1n) is 9.78. The van der Waals surface area contributed by atoms with E-state index >= 15 is 0 Å². The van der Waals surface area contributed by atoms with Gasteiger partial charge in [-0.3, -0.25) is 4.79 Å². The van der Waals surface area contributed by atoms with E-state index in [4.69, 9.17) is 13.4 Å². The summed E-state index contributed by atoms with van der Waals surface area (Å²) in [5.41, 5.74) is -1.58. The minimum Gasteiger partial charge on any atom is -0.399 e. The number of hydrogen-bond donors (Lipinski definition) is 1. The van der Waals surface area contributed by atoms with E-state index in [0.29, 0.717) is 10.5 Å². The largest absolute Gasteiger partial charge is 0.494 e. The first kappa shape index (κ1) is 14.4. The summed E-state index contributed by atoms with van der Waals surface area (Å²) < 4.78 is 34.2. The Hall–Kier alpha value is -1.81. The number of likely N-dealkylation sites (tertiary alicyclic amines) is 1. The summed E-state index contributed by atoms with van der Waals surface area (Å²) in [6.07, 6.45) is -0.0475. The van der Waals surface area contributed by atoms with Gasteiger partial charge in [0.15, 0.2) is 0 Å². The zero-order chi connectivity index (χ0) is 21.0. The SMILES string of the molecule is [2H]C([2H])([2H])N1CCC(O)(C#Cc2cccc(B3OC(C)(C)C(C)(C)O3)c2)C1=O. The van der Waals surface area contributed by atoms with Gasteiger partial charge >= 0.3 is 7.12 Å². The molecule has 0 bridgehead atoms. The van der Waals surface area contributed by atoms with Gasteiger partial charge in [-0.25, -0.2) is 0 Å². The van der Waals surface area contributed by atoms with Crippen LogP contribution in [0.2, 0.25) is 0 Å². The highest BCUT2D eigenvalue weighted by Crippen LogP contribution is 2.36. The van der Waals surface area contributed by atoms with Gasteiger partial charge in [0.1, 0.15) is 0 Å². The second-order valence-electron chi connectivity index (χ2n) is 7.53. The number of benzene rings is 1. The molecule has 0 spiro atoms. The topological polar surface area (TPSA) is 59.0 Å². The van der Waals surface area contributed by atoms with E-state index in [2.05, 4.69) is 11.8 Å². The van der Waals surface area contributed by atoms with Crippen LogP contribution in [0.1, 0.15) is 43.8 Å². The smallest absolute Gasteiger partial charge is 0.399 e. The summed E-state index contributed by atoms with van der Waals surface area (Å²) in [6, 6.07) is 7.17. The highest BCUT2D eigenvalue weighted by atomic mass is 16.7. The molecule has 3 rings (SSSR count). The van der Waals surface area contributed by atoms with E-state index in [1.165, 1.54) is 0 Å². The average molecular weight is 344 g/mol. The molecule has 132 valence electrons. The highest BCUT2D eigenvalue weighted by molar-refractivity contribution is 6.62. The molecule has 2 aliphatic rings. The van der Waals surface area contributed by atoms with Crippen molar-refractivity contribution < 1.29 is 23.3 Å². The minimum absolute atomic E-state index is 0.0475. The molecule has 1 aromatic carbocycles. The van der Waals surface area contributed by atoms with E-state index in [1.54, 1.807) is 18.2 Å². The fourth-order valence-corrected chi connectivity index (χ4v) is 2.74. The third kappa shape index (κ3) is 3.20. The second kappa shape index (κ2) is 5.88. The van der Waals surface area contributed by atoms with Crippen molar-refractivity contribution in [3.05, 3.63) is 29.8 Å². The zero-order valence-electron chi connectivity index (χ0n) is 17.9. The third-order valence-electron chi connectivity index (χ3n) is 5.12. The molecule has 0 saturated carbocycles. The Labute approximate surface area is 153 Å². The van der Waals surface area contributed by atoms with Gasteiger partial charge in [-0.1, -0.05) is 24.0 Å². The van der Waals surface area contributed by atoms with Crippen LogP contribution in [0.4, 0.5) is 0 Å². The van der Waals surface area contributed by atoms with Crippen LogP contribution in [0.3, 0.4) is 0 Å². The molecular weight excluding hydrogens is 317 g/mol. The number of carbonyl (C=O) groups excluding carboxylic acids is 1. The summed E-state index contributed by atoms with van der Waals surface area (Å²) in [7, 11) is -0.547. The molecule has 0 aromatic heterocycles. The van der Waals surface area contributed by atoms with E-state index in [-0.39, 0.29) is 13.0 Å². The van der Waals surface area contributed by atoms with Crippen molar-refractivity contribution >= 4 is 18.5 Å². The van der Waals surface area contributed by atoms with Crippen molar-refractivity contribution in [1.29, 1.82) is 0 Å². The number of rotatable bonds is 1. The molecule has 1 amide bonds. The Balaban J connectivity index is 1.81. The Morgan fingerprint density at radius 2 is 1.96 bits per heavy atom. The predicted octanol–water partition coefficient (Wildman–Crippen LogP) is 0.931. The molecule has 1 N–H and O–H groups in total. The van der Waals surface area contributed by atoms with E-state index < -0.39 is 36.8 Å². The van der Waals surface area contributed by atoms with Gasteiger partial charge in [0.05, 0.1) is 11.2 Å². The van der Waals surface area contributed by atoms with Crippen molar-refractivity contribution in [2.75, 3.05) is 13.5 Å². The van der Waals surface area contributed by atoms with E-state index in [0.717, 1.165) is 5.46 Å². The standard InChI is InChI=1S/C19H24BNO4/c1-17(2)18(3,4)25-20(24-17)15-8-6-7-14(13-15)9-10-19(23)11-12-21(5)16(19)22/h6-8,13,23H,11-12H2,1-5H3/i5D3. The van der Waals surface area contributed by atoms with E-state index in [9.17, 15) is 9.90 Å². The number of likely N-dealkylation sites (N-methyl/N-ethyl adjacent to an activating group) is 1. The van der Waals surface area contributed by atoms with Crippen molar-refractivity contribution in [1.82, 2.24) is 4.90 Å². The molecule has 1 aromatic rings. The lowest BCUT2D eigenvalue weighted by atomic mass is 9.78. The molecular formula is C19H24BNO4. The summed E-state index contributed by atoms with van der Waals surface area (Å²) in [5, 5.41) is 10.5. The quantitative estimate of drug-likeness (QED) is 0.608. The van der Waals surface area contributed by atoms with Crippen LogP contribution in [0, 0.1) is 11.8 Å². The number of hydrogen-bond acceptors (Lipinski definition) is 4. The van der Waals surface area contributed by atoms with Gasteiger partial charge < -0.3 is 19.3 Å². The lowest BCUT2D eigenvalue weighted by Gasteiger charge is -2.32. The van der Waals surface area contributed by atoms with Crippen LogP contribution in [0.5, 0.6) is 0 Å². The lowest BCUT2D eigenvalue weighted by molar-refractivity contribution is -0.137. The molecule has 1 atom stereocenters. The molecule has 0 radical (unpaired) electrons. The lowest BCUT2D eigenvalue weighted by Crippen LogP contribution is -2.41. The minimum atomic E-state index is -2.58. The van der Waals surface area contributed by atoms with Crippen LogP contribution in [0.15, 0.2) is 24.3 Å². The van der Waals surface area contributed by atoms with Crippen LogP contribution < -0.4 is 5.46 Å². The van der Waals surface area contributed by atoms with Crippen LogP contribution in [-0.4, -0.2) is 53.4 Å². The van der Waals surface area contributed by atoms with Gasteiger partial charge in [-0.2, -0.15) is 0 Å². The Morgan fingerprint density at radius 1 is 1.28 bits per heavy atom. The molecule has 5 nitrogen and oxygen atoms in total. The van der Waals surface area contributed by atoms with Gasteiger partial charge in [-0.15, -0.1) is 0 Å². The van der Waals surface area contributed by atoms with Gasteiger partial charge in [0.25, 0.3) is 5.91 Å². The molecule has 2 fully saturated rings. The van der Waals surface area contributed by atoms with E-state index in [1.807, 2.05) is 33.8 Å². The number of carbonyl (C=O) groups is 1. The fourth-order valence-electron chi connectivity index (χ4n) is 2.74. The maximum absolute atomic E-state index is 12.3. The summed E-state index contributed by atoms with van der Waals surface area (Å²) >= 11 is 0. The maximum Gasteiger partial charge on any atom is 0.494 e. The Morgan fingerprint density at radius 3 is 2.56 bits per heavy atom. The summed E-state index contributed by atoms with van der Waals surface area (Å²) in [4.78, 5) is 13.0. The average Bonchev–Trinajstić information content (AvgIpc) is 2.99. The normalized spacial score (nSPS) is 29.6. The predicted molar refractivity (Wildman–Crippen MR) is 96.2 cm³/mol. The molecule has 2 saturated heterocycles. The summed E-state index contributed by atoms with van der Waals surface area (Å²) in [6.45, 7) is 5.22. The maximum atomic E-state index is 12.3.